The maximum atomic E-state index is 13.7. The van der Waals surface area contributed by atoms with Crippen LogP contribution < -0.4 is 10.2 Å². The summed E-state index contributed by atoms with van der Waals surface area (Å²) in [6.07, 6.45) is -0.841. The number of aromatic nitrogens is 3. The van der Waals surface area contributed by atoms with Crippen molar-refractivity contribution in [3.63, 3.8) is 0 Å². The molecule has 2 unspecified atom stereocenters. The predicted octanol–water partition coefficient (Wildman–Crippen LogP) is 2.55. The van der Waals surface area contributed by atoms with Crippen LogP contribution in [0.5, 0.6) is 0 Å². The average molecular weight is 500 g/mol. The van der Waals surface area contributed by atoms with Gasteiger partial charge in [0.15, 0.2) is 5.65 Å². The lowest BCUT2D eigenvalue weighted by molar-refractivity contribution is -0.138. The number of piperidine rings is 1. The monoisotopic (exact) mass is 500 g/mol. The minimum atomic E-state index is -4.55. The SMILES string of the molecule is CC1CC2(CCN1C(=O)c1cnc3[nH]ncc3c1)C(=O)N(CC(=O)NCC(F)(F)F)c1ccccc12. The zero-order chi connectivity index (χ0) is 25.7. The number of anilines is 1. The van der Waals surface area contributed by atoms with Crippen LogP contribution in [0.25, 0.3) is 11.0 Å². The average Bonchev–Trinajstić information content (AvgIpc) is 3.40. The summed E-state index contributed by atoms with van der Waals surface area (Å²) >= 11 is 0. The molecule has 9 nitrogen and oxygen atoms in total. The van der Waals surface area contributed by atoms with E-state index >= 15 is 0 Å². The fourth-order valence-corrected chi connectivity index (χ4v) is 5.26. The number of pyridine rings is 1. The molecule has 0 aliphatic carbocycles. The largest absolute Gasteiger partial charge is 0.405 e. The number of benzene rings is 1. The van der Waals surface area contributed by atoms with Gasteiger partial charge in [-0.2, -0.15) is 18.3 Å². The van der Waals surface area contributed by atoms with Gasteiger partial charge in [-0.15, -0.1) is 0 Å². The summed E-state index contributed by atoms with van der Waals surface area (Å²) in [5.74, 6) is -1.45. The Hall–Kier alpha value is -3.96. The lowest BCUT2D eigenvalue weighted by Gasteiger charge is -2.43. The zero-order valence-corrected chi connectivity index (χ0v) is 19.3. The number of hydrogen-bond donors (Lipinski definition) is 2. The quantitative estimate of drug-likeness (QED) is 0.572. The summed E-state index contributed by atoms with van der Waals surface area (Å²) in [6, 6.07) is 8.39. The van der Waals surface area contributed by atoms with E-state index in [-0.39, 0.29) is 24.4 Å². The fourth-order valence-electron chi connectivity index (χ4n) is 5.26. The Morgan fingerprint density at radius 2 is 2.03 bits per heavy atom. The van der Waals surface area contributed by atoms with Crippen LogP contribution in [0.4, 0.5) is 18.9 Å². The van der Waals surface area contributed by atoms with E-state index in [1.165, 1.54) is 11.1 Å². The minimum absolute atomic E-state index is 0.213. The highest BCUT2D eigenvalue weighted by Crippen LogP contribution is 2.49. The summed E-state index contributed by atoms with van der Waals surface area (Å²) in [4.78, 5) is 46.4. The molecule has 188 valence electrons. The Morgan fingerprint density at radius 1 is 1.25 bits per heavy atom. The number of carbonyl (C=O) groups excluding carboxylic acids is 3. The lowest BCUT2D eigenvalue weighted by atomic mass is 9.71. The molecule has 1 aromatic carbocycles. The molecule has 4 heterocycles. The first-order valence-electron chi connectivity index (χ1n) is 11.4. The second-order valence-electron chi connectivity index (χ2n) is 9.22. The van der Waals surface area contributed by atoms with E-state index in [0.29, 0.717) is 35.1 Å². The second-order valence-corrected chi connectivity index (χ2v) is 9.22. The maximum absolute atomic E-state index is 13.7. The molecule has 0 saturated carbocycles. The van der Waals surface area contributed by atoms with Gasteiger partial charge < -0.3 is 15.1 Å². The van der Waals surface area contributed by atoms with Crippen molar-refractivity contribution in [3.05, 3.63) is 53.9 Å². The molecular formula is C24H23F3N6O3. The van der Waals surface area contributed by atoms with Crippen LogP contribution in [0, 0.1) is 0 Å². The van der Waals surface area contributed by atoms with Gasteiger partial charge in [-0.3, -0.25) is 19.5 Å². The van der Waals surface area contributed by atoms with Crippen molar-refractivity contribution in [2.75, 3.05) is 24.5 Å². The molecule has 3 amide bonds. The van der Waals surface area contributed by atoms with E-state index in [1.54, 1.807) is 35.4 Å². The Kier molecular flexibility index (Phi) is 5.68. The van der Waals surface area contributed by atoms with Gasteiger partial charge in [0.25, 0.3) is 5.91 Å². The normalized spacial score (nSPS) is 21.8. The van der Waals surface area contributed by atoms with E-state index in [4.69, 9.17) is 0 Å². The van der Waals surface area contributed by atoms with Crippen molar-refractivity contribution < 1.29 is 27.6 Å². The van der Waals surface area contributed by atoms with Crippen LogP contribution >= 0.6 is 0 Å². The molecule has 1 saturated heterocycles. The molecule has 2 N–H and O–H groups in total. The number of para-hydroxylation sites is 1. The fraction of sp³-hybridized carbons (Fsp3) is 0.375. The maximum Gasteiger partial charge on any atom is 0.405 e. The van der Waals surface area contributed by atoms with Gasteiger partial charge in [0.05, 0.1) is 17.2 Å². The van der Waals surface area contributed by atoms with Crippen molar-refractivity contribution in [2.24, 2.45) is 0 Å². The van der Waals surface area contributed by atoms with Gasteiger partial charge in [-0.1, -0.05) is 18.2 Å². The molecule has 5 rings (SSSR count). The van der Waals surface area contributed by atoms with E-state index in [0.717, 1.165) is 5.56 Å². The number of halogens is 3. The van der Waals surface area contributed by atoms with E-state index in [1.807, 2.05) is 18.3 Å². The molecule has 0 bridgehead atoms. The van der Waals surface area contributed by atoms with E-state index in [9.17, 15) is 27.6 Å². The van der Waals surface area contributed by atoms with Gasteiger partial charge in [0.1, 0.15) is 13.1 Å². The molecule has 2 aliphatic rings. The highest BCUT2D eigenvalue weighted by atomic mass is 19.4. The topological polar surface area (TPSA) is 111 Å². The Bertz CT molecular complexity index is 1360. The highest BCUT2D eigenvalue weighted by molar-refractivity contribution is 6.11. The number of hydrogen-bond acceptors (Lipinski definition) is 5. The zero-order valence-electron chi connectivity index (χ0n) is 19.3. The van der Waals surface area contributed by atoms with Gasteiger partial charge in [-0.25, -0.2) is 4.98 Å². The third-order valence-electron chi connectivity index (χ3n) is 6.91. The number of carbonyl (C=O) groups is 3. The van der Waals surface area contributed by atoms with Gasteiger partial charge in [0.2, 0.25) is 11.8 Å². The van der Waals surface area contributed by atoms with Crippen molar-refractivity contribution in [1.82, 2.24) is 25.4 Å². The van der Waals surface area contributed by atoms with Crippen LogP contribution in [-0.4, -0.2) is 69.7 Å². The first kappa shape index (κ1) is 23.8. The molecule has 1 fully saturated rings. The molecule has 0 radical (unpaired) electrons. The summed E-state index contributed by atoms with van der Waals surface area (Å²) in [7, 11) is 0. The molecule has 2 aromatic heterocycles. The molecule has 1 spiro atoms. The van der Waals surface area contributed by atoms with Gasteiger partial charge in [0, 0.05) is 29.9 Å². The van der Waals surface area contributed by atoms with Crippen molar-refractivity contribution in [2.45, 2.75) is 37.4 Å². The van der Waals surface area contributed by atoms with E-state index < -0.39 is 30.6 Å². The number of alkyl halides is 3. The number of nitrogens with zero attached hydrogens (tertiary/aromatic N) is 4. The lowest BCUT2D eigenvalue weighted by Crippen LogP contribution is -2.54. The molecule has 12 heteroatoms. The number of amides is 3. The van der Waals surface area contributed by atoms with Crippen LogP contribution in [0.2, 0.25) is 0 Å². The smallest absolute Gasteiger partial charge is 0.345 e. The highest BCUT2D eigenvalue weighted by Gasteiger charge is 2.54. The molecule has 3 aromatic rings. The summed E-state index contributed by atoms with van der Waals surface area (Å²) in [6.45, 7) is 0.171. The number of rotatable bonds is 4. The van der Waals surface area contributed by atoms with Crippen LogP contribution in [0.3, 0.4) is 0 Å². The number of H-pyrrole nitrogens is 1. The Labute approximate surface area is 203 Å². The Morgan fingerprint density at radius 3 is 2.78 bits per heavy atom. The Balaban J connectivity index is 1.36. The van der Waals surface area contributed by atoms with Crippen LogP contribution in [0.15, 0.2) is 42.7 Å². The predicted molar refractivity (Wildman–Crippen MR) is 123 cm³/mol. The summed E-state index contributed by atoms with van der Waals surface area (Å²) in [5, 5.41) is 9.20. The molecular weight excluding hydrogens is 477 g/mol. The van der Waals surface area contributed by atoms with E-state index in [2.05, 4.69) is 15.2 Å². The minimum Gasteiger partial charge on any atom is -0.345 e. The summed E-state index contributed by atoms with van der Waals surface area (Å²) < 4.78 is 37.6. The third kappa shape index (κ3) is 4.06. The second kappa shape index (κ2) is 8.61. The first-order valence-corrected chi connectivity index (χ1v) is 11.4. The number of aromatic amines is 1. The van der Waals surface area contributed by atoms with Crippen molar-refractivity contribution >= 4 is 34.4 Å². The number of fused-ring (bicyclic) bond motifs is 3. The van der Waals surface area contributed by atoms with Gasteiger partial charge >= 0.3 is 6.18 Å². The molecule has 36 heavy (non-hydrogen) atoms. The van der Waals surface area contributed by atoms with Crippen molar-refractivity contribution in [3.8, 4) is 0 Å². The standard InChI is InChI=1S/C24H23F3N6O3/c1-14-9-23(6-7-32(14)21(35)16-8-15-11-30-31-20(15)28-10-16)17-4-2-3-5-18(17)33(22(23)36)12-19(34)29-13-24(25,26)27/h2-5,8,10-11,14H,6-7,9,12-13H2,1H3,(H,29,34)(H,28,30,31). The number of likely N-dealkylation sites (tertiary alicyclic amines) is 1. The van der Waals surface area contributed by atoms with Crippen LogP contribution in [-0.2, 0) is 15.0 Å². The first-order chi connectivity index (χ1) is 17.1. The molecule has 2 aliphatic heterocycles. The van der Waals surface area contributed by atoms with Crippen LogP contribution in [0.1, 0.15) is 35.7 Å². The third-order valence-corrected chi connectivity index (χ3v) is 6.91. The van der Waals surface area contributed by atoms with Gasteiger partial charge in [-0.05, 0) is 37.5 Å². The summed E-state index contributed by atoms with van der Waals surface area (Å²) in [5.41, 5.74) is 1.24. The molecule has 2 atom stereocenters. The van der Waals surface area contributed by atoms with Crippen molar-refractivity contribution in [1.29, 1.82) is 0 Å². The number of nitrogens with one attached hydrogen (secondary N) is 2.